The Morgan fingerprint density at radius 2 is 1.77 bits per heavy atom. The van der Waals surface area contributed by atoms with Crippen molar-refractivity contribution >= 4 is 33.5 Å². The molecule has 0 aliphatic carbocycles. The maximum absolute atomic E-state index is 13.5. The number of hydrogen-bond acceptors (Lipinski definition) is 7. The number of amides is 1. The summed E-state index contributed by atoms with van der Waals surface area (Å²) < 4.78 is 29.4. The lowest BCUT2D eigenvalue weighted by molar-refractivity contribution is -0.139. The van der Waals surface area contributed by atoms with Crippen molar-refractivity contribution < 1.29 is 27.9 Å². The predicted molar refractivity (Wildman–Crippen MR) is 172 cm³/mol. The predicted octanol–water partition coefficient (Wildman–Crippen LogP) is 4.80. The van der Waals surface area contributed by atoms with E-state index in [9.17, 15) is 23.1 Å². The van der Waals surface area contributed by atoms with Gasteiger partial charge in [0.1, 0.15) is 15.9 Å². The van der Waals surface area contributed by atoms with Gasteiger partial charge >= 0.3 is 5.97 Å². The van der Waals surface area contributed by atoms with E-state index in [1.807, 2.05) is 73.3 Å². The summed E-state index contributed by atoms with van der Waals surface area (Å²) in [5, 5.41) is 12.7. The van der Waals surface area contributed by atoms with E-state index < -0.39 is 27.8 Å². The first-order chi connectivity index (χ1) is 20.5. The van der Waals surface area contributed by atoms with Gasteiger partial charge in [-0.2, -0.15) is 11.8 Å². The fourth-order valence-electron chi connectivity index (χ4n) is 5.41. The first-order valence-corrected chi connectivity index (χ1v) is 17.7. The van der Waals surface area contributed by atoms with E-state index in [0.717, 1.165) is 41.5 Å². The molecule has 230 valence electrons. The molecule has 1 heterocycles. The summed E-state index contributed by atoms with van der Waals surface area (Å²) in [6.45, 7) is 4.78. The molecular weight excluding hydrogens is 585 g/mol. The zero-order valence-electron chi connectivity index (χ0n) is 24.9. The van der Waals surface area contributed by atoms with E-state index in [-0.39, 0.29) is 18.2 Å². The molecule has 0 spiro atoms. The van der Waals surface area contributed by atoms with Crippen LogP contribution in [-0.2, 0) is 32.5 Å². The van der Waals surface area contributed by atoms with E-state index in [0.29, 0.717) is 36.1 Å². The molecule has 1 fully saturated rings. The number of nitrogens with zero attached hydrogens (tertiary/aromatic N) is 1. The van der Waals surface area contributed by atoms with Gasteiger partial charge in [0.25, 0.3) is 5.91 Å². The zero-order valence-corrected chi connectivity index (χ0v) is 26.5. The number of ether oxygens (including phenoxy) is 1. The average molecular weight is 625 g/mol. The van der Waals surface area contributed by atoms with Gasteiger partial charge in [-0.25, -0.2) is 13.2 Å². The van der Waals surface area contributed by atoms with E-state index >= 15 is 0 Å². The molecule has 0 saturated carbocycles. The summed E-state index contributed by atoms with van der Waals surface area (Å²) in [6.07, 6.45) is 4.01. The average Bonchev–Trinajstić information content (AvgIpc) is 3.36. The summed E-state index contributed by atoms with van der Waals surface area (Å²) >= 11 is 1.87. The van der Waals surface area contributed by atoms with Crippen LogP contribution in [0.15, 0.2) is 72.8 Å². The Labute approximate surface area is 258 Å². The number of thioether (sulfide) groups is 1. The number of carbonyl (C=O) groups is 2. The lowest BCUT2D eigenvalue weighted by atomic mass is 9.93. The number of aryl methyl sites for hydroxylation is 1. The van der Waals surface area contributed by atoms with Gasteiger partial charge in [0.15, 0.2) is 0 Å². The molecule has 4 rings (SSSR count). The molecule has 0 bridgehead atoms. The van der Waals surface area contributed by atoms with Crippen LogP contribution < -0.4 is 5.32 Å². The molecule has 43 heavy (non-hydrogen) atoms. The topological polar surface area (TPSA) is 113 Å². The van der Waals surface area contributed by atoms with Crippen molar-refractivity contribution in [2.75, 3.05) is 31.4 Å². The number of sulfone groups is 1. The Balaban J connectivity index is 1.56. The number of benzene rings is 3. The molecule has 0 radical (unpaired) electrons. The van der Waals surface area contributed by atoms with E-state index in [1.165, 1.54) is 0 Å². The Hall–Kier alpha value is -3.18. The molecule has 3 aromatic carbocycles. The maximum Gasteiger partial charge on any atom is 0.326 e. The molecule has 10 heteroatoms. The number of rotatable bonds is 14. The Bertz CT molecular complexity index is 1510. The normalized spacial score (nSPS) is 17.9. The number of aliphatic carboxylic acids is 1. The fourth-order valence-corrected chi connectivity index (χ4v) is 6.83. The second-order valence-electron chi connectivity index (χ2n) is 11.2. The summed E-state index contributed by atoms with van der Waals surface area (Å²) in [7, 11) is -3.39. The first kappa shape index (κ1) is 32.7. The first-order valence-electron chi connectivity index (χ1n) is 14.3. The van der Waals surface area contributed by atoms with Crippen LogP contribution in [0.5, 0.6) is 0 Å². The van der Waals surface area contributed by atoms with Gasteiger partial charge in [-0.05, 0) is 66.0 Å². The molecule has 8 nitrogen and oxygen atoms in total. The highest BCUT2D eigenvalue weighted by Gasteiger charge is 2.32. The van der Waals surface area contributed by atoms with Crippen LogP contribution in [0.25, 0.3) is 11.1 Å². The van der Waals surface area contributed by atoms with Gasteiger partial charge in [0.2, 0.25) is 0 Å². The van der Waals surface area contributed by atoms with Crippen molar-refractivity contribution in [3.8, 4) is 11.1 Å². The van der Waals surface area contributed by atoms with Crippen molar-refractivity contribution in [1.29, 1.82) is 0 Å². The van der Waals surface area contributed by atoms with Gasteiger partial charge in [-0.15, -0.1) is 0 Å². The van der Waals surface area contributed by atoms with Crippen LogP contribution in [0.1, 0.15) is 39.9 Å². The second kappa shape index (κ2) is 15.0. The van der Waals surface area contributed by atoms with Crippen LogP contribution in [-0.4, -0.2) is 79.1 Å². The maximum atomic E-state index is 13.5. The number of carboxylic acids is 1. The highest BCUT2D eigenvalue weighted by atomic mass is 32.2. The largest absolute Gasteiger partial charge is 0.480 e. The van der Waals surface area contributed by atoms with E-state index in [1.54, 1.807) is 6.07 Å². The summed E-state index contributed by atoms with van der Waals surface area (Å²) in [6, 6.07) is 22.5. The van der Waals surface area contributed by atoms with Gasteiger partial charge in [0, 0.05) is 36.2 Å². The molecule has 1 aliphatic heterocycles. The molecule has 3 aromatic rings. The quantitative estimate of drug-likeness (QED) is 0.263. The smallest absolute Gasteiger partial charge is 0.326 e. The standard InChI is InChI=1S/C33H40N2O6S2/c1-23-9-7-8-12-28(23)30-17-25(13-14-29(30)32(36)34-31(33(37)38)15-16-43(3,39)40)19-35-20-27(42-2)18-26(35)22-41-21-24-10-5-4-6-11-24/h4-14,17,26-27,31H,15-16,18-22H2,1-3H3,(H,34,36)(H,37,38). The molecule has 0 aromatic heterocycles. The van der Waals surface area contributed by atoms with Crippen molar-refractivity contribution in [2.45, 2.75) is 50.3 Å². The minimum Gasteiger partial charge on any atom is -0.480 e. The van der Waals surface area contributed by atoms with Crippen LogP contribution in [0, 0.1) is 6.92 Å². The summed E-state index contributed by atoms with van der Waals surface area (Å²) in [5.41, 5.74) is 5.09. The molecule has 1 amide bonds. The third kappa shape index (κ3) is 9.40. The number of nitrogens with one attached hydrogen (secondary N) is 1. The van der Waals surface area contributed by atoms with Crippen LogP contribution in [0.2, 0.25) is 0 Å². The lowest BCUT2D eigenvalue weighted by Crippen LogP contribution is -2.42. The summed E-state index contributed by atoms with van der Waals surface area (Å²) in [4.78, 5) is 27.8. The zero-order chi connectivity index (χ0) is 31.0. The van der Waals surface area contributed by atoms with Crippen LogP contribution in [0.4, 0.5) is 0 Å². The molecular formula is C33H40N2O6S2. The number of hydrogen-bond donors (Lipinski definition) is 2. The monoisotopic (exact) mass is 624 g/mol. The lowest BCUT2D eigenvalue weighted by Gasteiger charge is -2.25. The van der Waals surface area contributed by atoms with Crippen LogP contribution >= 0.6 is 11.8 Å². The molecule has 1 aliphatic rings. The fraction of sp³-hybridized carbons (Fsp3) is 0.394. The number of likely N-dealkylation sites (tertiary alicyclic amines) is 1. The Morgan fingerprint density at radius 1 is 1.05 bits per heavy atom. The van der Waals surface area contributed by atoms with Gasteiger partial charge < -0.3 is 15.2 Å². The Morgan fingerprint density at radius 3 is 2.44 bits per heavy atom. The molecule has 2 N–H and O–H groups in total. The molecule has 3 unspecified atom stereocenters. The van der Waals surface area contributed by atoms with Gasteiger partial charge in [0.05, 0.1) is 19.0 Å². The van der Waals surface area contributed by atoms with Gasteiger partial charge in [-0.1, -0.05) is 60.7 Å². The Kier molecular flexibility index (Phi) is 11.4. The highest BCUT2D eigenvalue weighted by molar-refractivity contribution is 7.99. The molecule has 1 saturated heterocycles. The SMILES string of the molecule is CSC1CC(COCc2ccccc2)N(Cc2ccc(C(=O)NC(CCS(C)(=O)=O)C(=O)O)c(-c3ccccc3C)c2)C1. The third-order valence-corrected chi connectivity index (χ3v) is 9.76. The van der Waals surface area contributed by atoms with Crippen molar-refractivity contribution in [3.05, 3.63) is 95.1 Å². The third-order valence-electron chi connectivity index (χ3n) is 7.77. The number of carboxylic acid groups (broad SMARTS) is 1. The van der Waals surface area contributed by atoms with E-state index in [2.05, 4.69) is 28.6 Å². The number of carbonyl (C=O) groups excluding carboxylic acids is 1. The molecule has 3 atom stereocenters. The van der Waals surface area contributed by atoms with Crippen LogP contribution in [0.3, 0.4) is 0 Å². The van der Waals surface area contributed by atoms with E-state index in [4.69, 9.17) is 4.74 Å². The minimum absolute atomic E-state index is 0.211. The highest BCUT2D eigenvalue weighted by Crippen LogP contribution is 2.32. The van der Waals surface area contributed by atoms with Gasteiger partial charge in [-0.3, -0.25) is 9.69 Å². The second-order valence-corrected chi connectivity index (χ2v) is 14.6. The summed E-state index contributed by atoms with van der Waals surface area (Å²) in [5.74, 6) is -2.16. The van der Waals surface area contributed by atoms with Crippen molar-refractivity contribution in [2.24, 2.45) is 0 Å². The minimum atomic E-state index is -3.39. The van der Waals surface area contributed by atoms with Crippen molar-refractivity contribution in [1.82, 2.24) is 10.2 Å². The van der Waals surface area contributed by atoms with Crippen molar-refractivity contribution in [3.63, 3.8) is 0 Å².